The first kappa shape index (κ1) is 23.0. The lowest BCUT2D eigenvalue weighted by atomic mass is 9.98. The summed E-state index contributed by atoms with van der Waals surface area (Å²) in [7, 11) is -3.63. The Hall–Kier alpha value is -2.71. The van der Waals surface area contributed by atoms with E-state index in [1.54, 1.807) is 55.5 Å². The third kappa shape index (κ3) is 5.92. The molecule has 2 aromatic carbocycles. The number of carbonyl (C=O) groups excluding carboxylic acids is 2. The Kier molecular flexibility index (Phi) is 7.46. The first-order chi connectivity index (χ1) is 14.8. The monoisotopic (exact) mass is 444 g/mol. The first-order valence-electron chi connectivity index (χ1n) is 10.4. The van der Waals surface area contributed by atoms with Gasteiger partial charge in [0.25, 0.3) is 0 Å². The molecule has 1 N–H and O–H groups in total. The summed E-state index contributed by atoms with van der Waals surface area (Å²) in [5, 5.41) is 2.86. The van der Waals surface area contributed by atoms with Gasteiger partial charge in [0, 0.05) is 18.8 Å². The van der Waals surface area contributed by atoms with Crippen LogP contribution in [0.2, 0.25) is 0 Å². The Morgan fingerprint density at radius 2 is 1.77 bits per heavy atom. The number of anilines is 1. The maximum atomic E-state index is 13.0. The maximum absolute atomic E-state index is 13.0. The van der Waals surface area contributed by atoms with Gasteiger partial charge in [-0.05, 0) is 56.5 Å². The Labute approximate surface area is 183 Å². The fraction of sp³-hybridized carbons (Fsp3) is 0.391. The van der Waals surface area contributed by atoms with Gasteiger partial charge in [-0.2, -0.15) is 4.31 Å². The van der Waals surface area contributed by atoms with E-state index in [4.69, 9.17) is 4.74 Å². The lowest BCUT2D eigenvalue weighted by Gasteiger charge is -2.31. The van der Waals surface area contributed by atoms with Crippen molar-refractivity contribution >= 4 is 27.6 Å². The number of rotatable bonds is 7. The molecule has 0 aromatic heterocycles. The summed E-state index contributed by atoms with van der Waals surface area (Å²) >= 11 is 0. The number of nitrogens with zero attached hydrogens (tertiary/aromatic N) is 1. The van der Waals surface area contributed by atoms with Crippen LogP contribution >= 0.6 is 0 Å². The molecule has 7 nitrogen and oxygen atoms in total. The molecule has 1 aliphatic heterocycles. The lowest BCUT2D eigenvalue weighted by molar-refractivity contribution is -0.142. The van der Waals surface area contributed by atoms with Gasteiger partial charge in [-0.3, -0.25) is 9.59 Å². The second-order valence-corrected chi connectivity index (χ2v) is 9.62. The predicted octanol–water partition coefficient (Wildman–Crippen LogP) is 3.14. The van der Waals surface area contributed by atoms with Crippen LogP contribution < -0.4 is 5.32 Å². The highest BCUT2D eigenvalue weighted by Gasteiger charge is 2.33. The summed E-state index contributed by atoms with van der Waals surface area (Å²) in [5.74, 6) is -0.925. The zero-order chi connectivity index (χ0) is 22.4. The second-order valence-electron chi connectivity index (χ2n) is 7.68. The number of hydrogen-bond donors (Lipinski definition) is 1. The highest BCUT2D eigenvalue weighted by Crippen LogP contribution is 2.25. The van der Waals surface area contributed by atoms with Crippen LogP contribution in [0, 0.1) is 12.8 Å². The summed E-state index contributed by atoms with van der Waals surface area (Å²) in [5.41, 5.74) is 2.39. The van der Waals surface area contributed by atoms with Gasteiger partial charge in [0.05, 0.1) is 23.8 Å². The number of carbonyl (C=O) groups is 2. The Bertz CT molecular complexity index is 1020. The van der Waals surface area contributed by atoms with Crippen LogP contribution in [0.3, 0.4) is 0 Å². The van der Waals surface area contributed by atoms with E-state index in [9.17, 15) is 18.0 Å². The van der Waals surface area contributed by atoms with E-state index in [2.05, 4.69) is 5.32 Å². The van der Waals surface area contributed by atoms with Gasteiger partial charge >= 0.3 is 5.97 Å². The number of piperidine rings is 1. The van der Waals surface area contributed by atoms with Crippen LogP contribution in [0.1, 0.15) is 30.9 Å². The molecule has 166 valence electrons. The van der Waals surface area contributed by atoms with Crippen LogP contribution in [-0.4, -0.2) is 44.3 Å². The molecular weight excluding hydrogens is 416 g/mol. The van der Waals surface area contributed by atoms with Gasteiger partial charge in [-0.1, -0.05) is 29.8 Å². The van der Waals surface area contributed by atoms with Crippen LogP contribution in [-0.2, 0) is 30.8 Å². The largest absolute Gasteiger partial charge is 0.466 e. The number of amides is 1. The summed E-state index contributed by atoms with van der Waals surface area (Å²) in [6.45, 7) is 4.56. The number of nitrogens with one attached hydrogen (secondary N) is 1. The van der Waals surface area contributed by atoms with Crippen LogP contribution in [0.15, 0.2) is 53.4 Å². The van der Waals surface area contributed by atoms with Crippen molar-refractivity contribution in [1.82, 2.24) is 4.31 Å². The minimum atomic E-state index is -3.63. The molecule has 0 unspecified atom stereocenters. The topological polar surface area (TPSA) is 92.8 Å². The van der Waals surface area contributed by atoms with Gasteiger partial charge in [0.2, 0.25) is 15.9 Å². The van der Waals surface area contributed by atoms with Gasteiger partial charge < -0.3 is 10.1 Å². The molecule has 1 aliphatic rings. The highest BCUT2D eigenvalue weighted by molar-refractivity contribution is 7.89. The van der Waals surface area contributed by atoms with Gasteiger partial charge in [-0.25, -0.2) is 8.42 Å². The number of benzene rings is 2. The van der Waals surface area contributed by atoms with Gasteiger partial charge in [-0.15, -0.1) is 0 Å². The molecule has 2 aromatic rings. The average Bonchev–Trinajstić information content (AvgIpc) is 2.75. The van der Waals surface area contributed by atoms with Crippen molar-refractivity contribution in [3.05, 3.63) is 59.7 Å². The zero-order valence-corrected chi connectivity index (χ0v) is 18.7. The van der Waals surface area contributed by atoms with Crippen LogP contribution in [0.4, 0.5) is 5.69 Å². The van der Waals surface area contributed by atoms with Crippen molar-refractivity contribution < 1.29 is 22.7 Å². The minimum Gasteiger partial charge on any atom is -0.466 e. The normalized spacial score (nSPS) is 17.2. The van der Waals surface area contributed by atoms with E-state index < -0.39 is 15.9 Å². The number of esters is 1. The summed E-state index contributed by atoms with van der Waals surface area (Å²) in [6, 6.07) is 13.7. The minimum absolute atomic E-state index is 0.156. The van der Waals surface area contributed by atoms with Crippen molar-refractivity contribution in [2.75, 3.05) is 25.0 Å². The number of hydrogen-bond acceptors (Lipinski definition) is 5. The van der Waals surface area contributed by atoms with Crippen molar-refractivity contribution in [1.29, 1.82) is 0 Å². The molecule has 1 saturated heterocycles. The summed E-state index contributed by atoms with van der Waals surface area (Å²) in [6.07, 6.45) is 1.44. The molecule has 1 fully saturated rings. The fourth-order valence-corrected chi connectivity index (χ4v) is 5.09. The molecule has 0 bridgehead atoms. The zero-order valence-electron chi connectivity index (χ0n) is 17.8. The Balaban J connectivity index is 1.62. The molecule has 0 spiro atoms. The fourth-order valence-electron chi connectivity index (χ4n) is 3.56. The van der Waals surface area contributed by atoms with E-state index >= 15 is 0 Å². The van der Waals surface area contributed by atoms with Crippen molar-refractivity contribution in [3.63, 3.8) is 0 Å². The molecule has 0 aliphatic carbocycles. The third-order valence-corrected chi connectivity index (χ3v) is 7.17. The van der Waals surface area contributed by atoms with Crippen molar-refractivity contribution in [2.45, 2.75) is 38.0 Å². The van der Waals surface area contributed by atoms with Gasteiger partial charge in [0.15, 0.2) is 0 Å². The van der Waals surface area contributed by atoms with Crippen molar-refractivity contribution in [3.8, 4) is 0 Å². The molecule has 31 heavy (non-hydrogen) atoms. The molecule has 1 atom stereocenters. The average molecular weight is 445 g/mol. The molecule has 3 rings (SSSR count). The quantitative estimate of drug-likeness (QED) is 0.663. The predicted molar refractivity (Wildman–Crippen MR) is 118 cm³/mol. The van der Waals surface area contributed by atoms with Crippen LogP contribution in [0.5, 0.6) is 0 Å². The van der Waals surface area contributed by atoms with Crippen LogP contribution in [0.25, 0.3) is 0 Å². The highest BCUT2D eigenvalue weighted by atomic mass is 32.2. The van der Waals surface area contributed by atoms with E-state index in [-0.39, 0.29) is 29.7 Å². The van der Waals surface area contributed by atoms with E-state index in [0.717, 1.165) is 11.1 Å². The lowest BCUT2D eigenvalue weighted by Crippen LogP contribution is -2.43. The van der Waals surface area contributed by atoms with Gasteiger partial charge in [0.1, 0.15) is 0 Å². The standard InChI is InChI=1S/C23H28N2O5S/c1-3-30-22(26)15-18-8-10-20(11-9-18)24-23(27)19-5-4-14-25(16-19)31(28,29)21-12-6-17(2)7-13-21/h6-13,19H,3-5,14-16H2,1-2H3,(H,24,27)/t19-/m0/s1. The molecular formula is C23H28N2O5S. The maximum Gasteiger partial charge on any atom is 0.310 e. The second kappa shape index (κ2) is 10.1. The Morgan fingerprint density at radius 1 is 1.10 bits per heavy atom. The first-order valence-corrected chi connectivity index (χ1v) is 11.9. The SMILES string of the molecule is CCOC(=O)Cc1ccc(NC(=O)[C@H]2CCCN(S(=O)(=O)c3ccc(C)cc3)C2)cc1. The van der Waals surface area contributed by atoms with E-state index in [1.807, 2.05) is 6.92 Å². The molecule has 8 heteroatoms. The number of aryl methyl sites for hydroxylation is 1. The van der Waals surface area contributed by atoms with E-state index in [0.29, 0.717) is 31.7 Å². The summed E-state index contributed by atoms with van der Waals surface area (Å²) < 4.78 is 32.2. The molecule has 1 heterocycles. The molecule has 0 radical (unpaired) electrons. The number of ether oxygens (including phenoxy) is 1. The van der Waals surface area contributed by atoms with Crippen molar-refractivity contribution in [2.24, 2.45) is 5.92 Å². The summed E-state index contributed by atoms with van der Waals surface area (Å²) in [4.78, 5) is 24.6. The smallest absolute Gasteiger partial charge is 0.310 e. The third-order valence-electron chi connectivity index (χ3n) is 5.29. The Morgan fingerprint density at radius 3 is 2.42 bits per heavy atom. The molecule has 0 saturated carbocycles. The molecule has 1 amide bonds. The number of sulfonamides is 1. The van der Waals surface area contributed by atoms with E-state index in [1.165, 1.54) is 4.31 Å².